The van der Waals surface area contributed by atoms with Gasteiger partial charge in [-0.15, -0.1) is 0 Å². The molecular weight excluding hydrogens is 264 g/mol. The Morgan fingerprint density at radius 1 is 1.30 bits per heavy atom. The zero-order valence-electron chi connectivity index (χ0n) is 11.9. The summed E-state index contributed by atoms with van der Waals surface area (Å²) in [6, 6.07) is 0. The fraction of sp³-hybridized carbons (Fsp3) is 0.769. The summed E-state index contributed by atoms with van der Waals surface area (Å²) in [6.45, 7) is 4.67. The Morgan fingerprint density at radius 3 is 2.60 bits per heavy atom. The topological polar surface area (TPSA) is 95.9 Å². The number of carbonyl (C=O) groups is 3. The maximum absolute atomic E-state index is 12.0. The van der Waals surface area contributed by atoms with E-state index in [1.807, 2.05) is 6.92 Å². The molecule has 0 aliphatic carbocycles. The van der Waals surface area contributed by atoms with Gasteiger partial charge >= 0.3 is 5.97 Å². The number of carboxylic acid groups (broad SMARTS) is 1. The van der Waals surface area contributed by atoms with E-state index in [1.165, 1.54) is 4.90 Å². The van der Waals surface area contributed by atoms with Gasteiger partial charge in [-0.3, -0.25) is 9.59 Å². The second kappa shape index (κ2) is 7.84. The number of rotatable bonds is 6. The lowest BCUT2D eigenvalue weighted by molar-refractivity contribution is -0.166. The molecule has 1 aliphatic heterocycles. The van der Waals surface area contributed by atoms with E-state index >= 15 is 0 Å². The summed E-state index contributed by atoms with van der Waals surface area (Å²) in [5, 5.41) is 11.6. The average Bonchev–Trinajstić information content (AvgIpc) is 2.41. The highest BCUT2D eigenvalue weighted by Crippen LogP contribution is 2.13. The van der Waals surface area contributed by atoms with E-state index < -0.39 is 12.1 Å². The molecule has 0 aromatic rings. The van der Waals surface area contributed by atoms with Gasteiger partial charge in [0.05, 0.1) is 12.6 Å². The normalized spacial score (nSPS) is 22.4. The number of hydrogen-bond donors (Lipinski definition) is 2. The molecule has 0 radical (unpaired) electrons. The minimum absolute atomic E-state index is 0.0368. The molecule has 0 aromatic carbocycles. The van der Waals surface area contributed by atoms with Crippen LogP contribution in [-0.4, -0.2) is 59.6 Å². The van der Waals surface area contributed by atoms with Crippen molar-refractivity contribution in [2.45, 2.75) is 45.3 Å². The highest BCUT2D eigenvalue weighted by Gasteiger charge is 2.32. The number of carbonyl (C=O) groups excluding carboxylic acids is 2. The predicted molar refractivity (Wildman–Crippen MR) is 71.1 cm³/mol. The first kappa shape index (κ1) is 16.4. The molecule has 1 aliphatic rings. The minimum Gasteiger partial charge on any atom is -0.479 e. The largest absolute Gasteiger partial charge is 0.479 e. The highest BCUT2D eigenvalue weighted by atomic mass is 16.5. The van der Waals surface area contributed by atoms with E-state index in [9.17, 15) is 14.4 Å². The van der Waals surface area contributed by atoms with Crippen molar-refractivity contribution in [3.05, 3.63) is 0 Å². The summed E-state index contributed by atoms with van der Waals surface area (Å²) >= 11 is 0. The molecule has 0 bridgehead atoms. The molecule has 1 unspecified atom stereocenters. The first-order valence-electron chi connectivity index (χ1n) is 6.86. The molecule has 0 saturated carbocycles. The highest BCUT2D eigenvalue weighted by molar-refractivity contribution is 5.84. The first-order chi connectivity index (χ1) is 9.43. The van der Waals surface area contributed by atoms with Crippen LogP contribution in [-0.2, 0) is 19.1 Å². The van der Waals surface area contributed by atoms with E-state index in [0.29, 0.717) is 13.1 Å². The zero-order chi connectivity index (χ0) is 15.1. The molecule has 7 nitrogen and oxygen atoms in total. The van der Waals surface area contributed by atoms with Gasteiger partial charge < -0.3 is 20.1 Å². The van der Waals surface area contributed by atoms with Crippen LogP contribution in [0, 0.1) is 0 Å². The van der Waals surface area contributed by atoms with Crippen LogP contribution in [0.25, 0.3) is 0 Å². The van der Waals surface area contributed by atoms with Crippen LogP contribution < -0.4 is 5.32 Å². The van der Waals surface area contributed by atoms with Crippen LogP contribution in [0.4, 0.5) is 0 Å². The van der Waals surface area contributed by atoms with Gasteiger partial charge in [0.25, 0.3) is 0 Å². The molecule has 2 amide bonds. The fourth-order valence-corrected chi connectivity index (χ4v) is 2.02. The Morgan fingerprint density at radius 2 is 2.00 bits per heavy atom. The standard InChI is InChI=1S/C13H22N2O5/c1-3-6-14-11(16)4-5-12(17)15-7-9(2)20-10(8-15)13(18)19/h9-10H,3-8H2,1-2H3,(H,14,16)(H,18,19)/t9-,10?/m1/s1. The monoisotopic (exact) mass is 286 g/mol. The number of nitrogens with one attached hydrogen (secondary N) is 1. The molecule has 0 aromatic heterocycles. The molecule has 2 atom stereocenters. The fourth-order valence-electron chi connectivity index (χ4n) is 2.02. The van der Waals surface area contributed by atoms with Crippen molar-refractivity contribution < 1.29 is 24.2 Å². The lowest BCUT2D eigenvalue weighted by atomic mass is 10.2. The second-order valence-corrected chi connectivity index (χ2v) is 4.92. The Bertz CT molecular complexity index is 372. The second-order valence-electron chi connectivity index (χ2n) is 4.92. The van der Waals surface area contributed by atoms with Crippen LogP contribution in [0.3, 0.4) is 0 Å². The third kappa shape index (κ3) is 5.16. The van der Waals surface area contributed by atoms with Gasteiger partial charge in [0, 0.05) is 25.9 Å². The number of aliphatic carboxylic acids is 1. The van der Waals surface area contributed by atoms with E-state index in [-0.39, 0.29) is 37.3 Å². The van der Waals surface area contributed by atoms with Gasteiger partial charge in [0.15, 0.2) is 6.10 Å². The van der Waals surface area contributed by atoms with Crippen molar-refractivity contribution in [3.63, 3.8) is 0 Å². The summed E-state index contributed by atoms with van der Waals surface area (Å²) in [5.41, 5.74) is 0. The van der Waals surface area contributed by atoms with Crippen LogP contribution in [0.15, 0.2) is 0 Å². The maximum Gasteiger partial charge on any atom is 0.334 e. The first-order valence-corrected chi connectivity index (χ1v) is 6.86. The van der Waals surface area contributed by atoms with E-state index in [2.05, 4.69) is 5.32 Å². The SMILES string of the molecule is CCCNC(=O)CCC(=O)N1CC(C(=O)O)O[C@H](C)C1. The zero-order valence-corrected chi connectivity index (χ0v) is 11.9. The summed E-state index contributed by atoms with van der Waals surface area (Å²) in [4.78, 5) is 35.8. The molecule has 7 heteroatoms. The van der Waals surface area contributed by atoms with E-state index in [0.717, 1.165) is 6.42 Å². The molecule has 20 heavy (non-hydrogen) atoms. The number of amides is 2. The summed E-state index contributed by atoms with van der Waals surface area (Å²) < 4.78 is 5.23. The van der Waals surface area contributed by atoms with Crippen molar-refractivity contribution >= 4 is 17.8 Å². The van der Waals surface area contributed by atoms with E-state index in [4.69, 9.17) is 9.84 Å². The Balaban J connectivity index is 2.42. The number of carboxylic acids is 1. The van der Waals surface area contributed by atoms with Crippen molar-refractivity contribution in [1.29, 1.82) is 0 Å². The quantitative estimate of drug-likeness (QED) is 0.716. The van der Waals surface area contributed by atoms with Gasteiger partial charge in [-0.25, -0.2) is 4.79 Å². The lowest BCUT2D eigenvalue weighted by Crippen LogP contribution is -2.51. The van der Waals surface area contributed by atoms with Crippen molar-refractivity contribution in [1.82, 2.24) is 10.2 Å². The Kier molecular flexibility index (Phi) is 6.44. The van der Waals surface area contributed by atoms with Gasteiger partial charge in [0.1, 0.15) is 0 Å². The molecule has 1 saturated heterocycles. The van der Waals surface area contributed by atoms with Crippen LogP contribution in [0.2, 0.25) is 0 Å². The lowest BCUT2D eigenvalue weighted by Gasteiger charge is -2.35. The van der Waals surface area contributed by atoms with Gasteiger partial charge in [-0.1, -0.05) is 6.92 Å². The number of ether oxygens (including phenoxy) is 1. The average molecular weight is 286 g/mol. The third-order valence-electron chi connectivity index (χ3n) is 3.03. The van der Waals surface area contributed by atoms with Crippen LogP contribution in [0.1, 0.15) is 33.1 Å². The van der Waals surface area contributed by atoms with Crippen LogP contribution >= 0.6 is 0 Å². The third-order valence-corrected chi connectivity index (χ3v) is 3.03. The summed E-state index contributed by atoms with van der Waals surface area (Å²) in [6.07, 6.45) is -0.239. The molecule has 114 valence electrons. The maximum atomic E-state index is 12.0. The van der Waals surface area contributed by atoms with Gasteiger partial charge in [-0.05, 0) is 13.3 Å². The Labute approximate surface area is 118 Å². The Hall–Kier alpha value is -1.63. The number of nitrogens with zero attached hydrogens (tertiary/aromatic N) is 1. The molecule has 2 N–H and O–H groups in total. The predicted octanol–water partition coefficient (Wildman–Crippen LogP) is -0.00670. The van der Waals surface area contributed by atoms with Gasteiger partial charge in [-0.2, -0.15) is 0 Å². The summed E-state index contributed by atoms with van der Waals surface area (Å²) in [5.74, 6) is -1.44. The molecule has 1 rings (SSSR count). The summed E-state index contributed by atoms with van der Waals surface area (Å²) in [7, 11) is 0. The molecular formula is C13H22N2O5. The molecule has 1 fully saturated rings. The smallest absolute Gasteiger partial charge is 0.334 e. The van der Waals surface area contributed by atoms with Crippen molar-refractivity contribution in [2.75, 3.05) is 19.6 Å². The van der Waals surface area contributed by atoms with Crippen LogP contribution in [0.5, 0.6) is 0 Å². The molecule has 0 spiro atoms. The van der Waals surface area contributed by atoms with Crippen molar-refractivity contribution in [3.8, 4) is 0 Å². The molecule has 1 heterocycles. The minimum atomic E-state index is -1.07. The van der Waals surface area contributed by atoms with E-state index in [1.54, 1.807) is 6.92 Å². The number of hydrogen-bond acceptors (Lipinski definition) is 4. The number of morpholine rings is 1. The van der Waals surface area contributed by atoms with Gasteiger partial charge in [0.2, 0.25) is 11.8 Å². The van der Waals surface area contributed by atoms with Crippen molar-refractivity contribution in [2.24, 2.45) is 0 Å².